The molecule has 4 rings (SSSR count). The molecule has 1 aromatic heterocycles. The largest absolute Gasteiger partial charge is 0.454 e. The van der Waals surface area contributed by atoms with E-state index in [1.54, 1.807) is 12.1 Å². The molecule has 0 aliphatic carbocycles. The third kappa shape index (κ3) is 2.99. The van der Waals surface area contributed by atoms with Crippen molar-refractivity contribution < 1.29 is 9.53 Å². The van der Waals surface area contributed by atoms with E-state index in [2.05, 4.69) is 4.98 Å². The summed E-state index contributed by atoms with van der Waals surface area (Å²) < 4.78 is 5.59. The number of halogens is 1. The van der Waals surface area contributed by atoms with Crippen molar-refractivity contribution in [1.29, 1.82) is 0 Å². The number of aromatic amines is 1. The maximum Gasteiger partial charge on any atom is 0.338 e. The molecule has 1 N–H and O–H groups in total. The lowest BCUT2D eigenvalue weighted by molar-refractivity contribution is 0.0338. The predicted molar refractivity (Wildman–Crippen MR) is 101 cm³/mol. The van der Waals surface area contributed by atoms with Crippen LogP contribution in [0.25, 0.3) is 21.8 Å². The Morgan fingerprint density at radius 2 is 1.76 bits per heavy atom. The van der Waals surface area contributed by atoms with Gasteiger partial charge in [0, 0.05) is 26.8 Å². The first-order valence-corrected chi connectivity index (χ1v) is 8.46. The van der Waals surface area contributed by atoms with Gasteiger partial charge < -0.3 is 9.72 Å². The van der Waals surface area contributed by atoms with Crippen LogP contribution in [0.5, 0.6) is 0 Å². The van der Waals surface area contributed by atoms with Gasteiger partial charge in [0.2, 0.25) is 0 Å². The molecule has 0 radical (unpaired) electrons. The fraction of sp³-hybridized carbons (Fsp3) is 0.0952. The minimum Gasteiger partial charge on any atom is -0.454 e. The van der Waals surface area contributed by atoms with Crippen molar-refractivity contribution >= 4 is 39.4 Å². The molecule has 4 aromatic rings. The third-order valence-electron chi connectivity index (χ3n) is 4.35. The van der Waals surface area contributed by atoms with Gasteiger partial charge in [-0.3, -0.25) is 0 Å². The lowest BCUT2D eigenvalue weighted by Crippen LogP contribution is -2.09. The Morgan fingerprint density at radius 3 is 2.56 bits per heavy atom. The second-order valence-corrected chi connectivity index (χ2v) is 6.47. The van der Waals surface area contributed by atoms with Gasteiger partial charge in [0.25, 0.3) is 0 Å². The summed E-state index contributed by atoms with van der Waals surface area (Å²) in [5, 5.41) is 2.90. The van der Waals surface area contributed by atoms with Crippen molar-refractivity contribution in [2.75, 3.05) is 0 Å². The number of ether oxygens (including phenoxy) is 1. The van der Waals surface area contributed by atoms with E-state index in [1.807, 2.05) is 61.5 Å². The summed E-state index contributed by atoms with van der Waals surface area (Å²) in [7, 11) is 0. The minimum absolute atomic E-state index is 0.323. The molecular weight excluding hydrogens is 334 g/mol. The Morgan fingerprint density at radius 1 is 0.960 bits per heavy atom. The van der Waals surface area contributed by atoms with E-state index in [-0.39, 0.29) is 12.1 Å². The van der Waals surface area contributed by atoms with Gasteiger partial charge in [-0.1, -0.05) is 41.9 Å². The molecule has 0 amide bonds. The zero-order valence-electron chi connectivity index (χ0n) is 13.6. The van der Waals surface area contributed by atoms with Crippen LogP contribution in [-0.2, 0) is 4.74 Å². The molecule has 0 saturated carbocycles. The molecule has 1 heterocycles. The molecule has 1 atom stereocenters. The molecule has 25 heavy (non-hydrogen) atoms. The van der Waals surface area contributed by atoms with Crippen molar-refractivity contribution in [3.63, 3.8) is 0 Å². The average Bonchev–Trinajstić information content (AvgIpc) is 2.99. The Kier molecular flexibility index (Phi) is 3.94. The number of rotatable bonds is 3. The number of benzene rings is 3. The molecule has 0 saturated heterocycles. The van der Waals surface area contributed by atoms with Crippen LogP contribution >= 0.6 is 11.6 Å². The average molecular weight is 350 g/mol. The van der Waals surface area contributed by atoms with Crippen LogP contribution in [0.1, 0.15) is 28.9 Å². The van der Waals surface area contributed by atoms with E-state index in [9.17, 15) is 4.79 Å². The van der Waals surface area contributed by atoms with Crippen LogP contribution in [0.15, 0.2) is 66.7 Å². The zero-order valence-corrected chi connectivity index (χ0v) is 14.4. The zero-order chi connectivity index (χ0) is 17.4. The number of esters is 1. The number of hydrogen-bond donors (Lipinski definition) is 1. The fourth-order valence-corrected chi connectivity index (χ4v) is 3.19. The standard InChI is InChI=1S/C21H16ClNO2/c1-13(25-21(24)14-5-3-2-4-6-14)15-7-9-17-18-12-16(22)8-10-19(18)23-20(17)11-15/h2-13,23H,1H3. The van der Waals surface area contributed by atoms with E-state index in [0.29, 0.717) is 10.6 Å². The molecule has 4 heteroatoms. The lowest BCUT2D eigenvalue weighted by Gasteiger charge is -2.14. The van der Waals surface area contributed by atoms with Crippen LogP contribution in [0.3, 0.4) is 0 Å². The first-order valence-electron chi connectivity index (χ1n) is 8.09. The number of carbonyl (C=O) groups is 1. The summed E-state index contributed by atoms with van der Waals surface area (Å²) >= 11 is 6.10. The summed E-state index contributed by atoms with van der Waals surface area (Å²) in [5.74, 6) is -0.323. The molecule has 0 aliphatic rings. The molecule has 0 fully saturated rings. The Labute approximate surface area is 150 Å². The fourth-order valence-electron chi connectivity index (χ4n) is 3.02. The topological polar surface area (TPSA) is 42.1 Å². The highest BCUT2D eigenvalue weighted by Crippen LogP contribution is 2.30. The second-order valence-electron chi connectivity index (χ2n) is 6.03. The van der Waals surface area contributed by atoms with Crippen molar-refractivity contribution in [1.82, 2.24) is 4.98 Å². The maximum atomic E-state index is 12.2. The van der Waals surface area contributed by atoms with Crippen LogP contribution < -0.4 is 0 Å². The number of aromatic nitrogens is 1. The van der Waals surface area contributed by atoms with E-state index < -0.39 is 0 Å². The minimum atomic E-state index is -0.341. The van der Waals surface area contributed by atoms with Crippen LogP contribution in [0, 0.1) is 0 Å². The Bertz CT molecular complexity index is 1070. The summed E-state index contributed by atoms with van der Waals surface area (Å²) in [6, 6.07) is 20.8. The SMILES string of the molecule is CC(OC(=O)c1ccccc1)c1ccc2c(c1)[nH]c1ccc(Cl)cc12. The van der Waals surface area contributed by atoms with Gasteiger partial charge in [-0.2, -0.15) is 0 Å². The van der Waals surface area contributed by atoms with Crippen LogP contribution in [0.2, 0.25) is 5.02 Å². The quantitative estimate of drug-likeness (QED) is 0.468. The highest BCUT2D eigenvalue weighted by atomic mass is 35.5. The van der Waals surface area contributed by atoms with Crippen molar-refractivity contribution in [3.8, 4) is 0 Å². The highest BCUT2D eigenvalue weighted by molar-refractivity contribution is 6.31. The van der Waals surface area contributed by atoms with Gasteiger partial charge in [0.15, 0.2) is 0 Å². The number of nitrogens with one attached hydrogen (secondary N) is 1. The maximum absolute atomic E-state index is 12.2. The van der Waals surface area contributed by atoms with Crippen LogP contribution in [-0.4, -0.2) is 11.0 Å². The number of hydrogen-bond acceptors (Lipinski definition) is 2. The van der Waals surface area contributed by atoms with Gasteiger partial charge in [0.1, 0.15) is 6.10 Å². The highest BCUT2D eigenvalue weighted by Gasteiger charge is 2.15. The predicted octanol–water partition coefficient (Wildman–Crippen LogP) is 5.89. The molecule has 1 unspecified atom stereocenters. The Balaban J connectivity index is 1.65. The number of carbonyl (C=O) groups excluding carboxylic acids is 1. The van der Waals surface area contributed by atoms with E-state index in [1.165, 1.54) is 0 Å². The first kappa shape index (κ1) is 15.7. The molecule has 0 aliphatic heterocycles. The van der Waals surface area contributed by atoms with Gasteiger partial charge in [0.05, 0.1) is 5.56 Å². The third-order valence-corrected chi connectivity index (χ3v) is 4.58. The van der Waals surface area contributed by atoms with E-state index in [0.717, 1.165) is 27.4 Å². The lowest BCUT2D eigenvalue weighted by atomic mass is 10.1. The molecule has 0 bridgehead atoms. The number of fused-ring (bicyclic) bond motifs is 3. The van der Waals surface area contributed by atoms with Crippen LogP contribution in [0.4, 0.5) is 0 Å². The molecular formula is C21H16ClNO2. The van der Waals surface area contributed by atoms with Crippen molar-refractivity contribution in [2.24, 2.45) is 0 Å². The molecule has 0 spiro atoms. The summed E-state index contributed by atoms with van der Waals surface area (Å²) in [6.45, 7) is 1.88. The molecule has 3 aromatic carbocycles. The smallest absolute Gasteiger partial charge is 0.338 e. The first-order chi connectivity index (χ1) is 12.1. The monoisotopic (exact) mass is 349 g/mol. The van der Waals surface area contributed by atoms with E-state index in [4.69, 9.17) is 16.3 Å². The summed E-state index contributed by atoms with van der Waals surface area (Å²) in [6.07, 6.45) is -0.341. The van der Waals surface area contributed by atoms with Gasteiger partial charge >= 0.3 is 5.97 Å². The number of H-pyrrole nitrogens is 1. The molecule has 124 valence electrons. The summed E-state index contributed by atoms with van der Waals surface area (Å²) in [4.78, 5) is 15.6. The van der Waals surface area contributed by atoms with Gasteiger partial charge in [-0.15, -0.1) is 0 Å². The second kappa shape index (κ2) is 6.26. The summed E-state index contributed by atoms with van der Waals surface area (Å²) in [5.41, 5.74) is 3.52. The van der Waals surface area contributed by atoms with E-state index >= 15 is 0 Å². The Hall–Kier alpha value is -2.78. The van der Waals surface area contributed by atoms with Crippen molar-refractivity contribution in [2.45, 2.75) is 13.0 Å². The molecule has 3 nitrogen and oxygen atoms in total. The van der Waals surface area contributed by atoms with Gasteiger partial charge in [-0.25, -0.2) is 4.79 Å². The van der Waals surface area contributed by atoms with Gasteiger partial charge in [-0.05, 0) is 48.9 Å². The normalized spacial score (nSPS) is 12.4. The van der Waals surface area contributed by atoms with Crippen molar-refractivity contribution in [3.05, 3.63) is 82.9 Å².